The van der Waals surface area contributed by atoms with Crippen LogP contribution in [-0.2, 0) is 7.05 Å². The summed E-state index contributed by atoms with van der Waals surface area (Å²) in [5.74, 6) is 1.01. The molecule has 0 unspecified atom stereocenters. The summed E-state index contributed by atoms with van der Waals surface area (Å²) in [5, 5.41) is 6.59. The molecule has 0 bridgehead atoms. The number of benzene rings is 2. The summed E-state index contributed by atoms with van der Waals surface area (Å²) in [6, 6.07) is 18.7. The molecule has 0 aliphatic carbocycles. The van der Waals surface area contributed by atoms with Gasteiger partial charge < -0.3 is 29.7 Å². The number of hydrogen-bond donors (Lipinski definition) is 2. The number of anilines is 1. The topological polar surface area (TPSA) is 113 Å². The van der Waals surface area contributed by atoms with E-state index >= 15 is 0 Å². The van der Waals surface area contributed by atoms with E-state index in [0.29, 0.717) is 47.6 Å². The summed E-state index contributed by atoms with van der Waals surface area (Å²) >= 11 is 0. The number of nitrogens with zero attached hydrogens (tertiary/aromatic N) is 5. The Morgan fingerprint density at radius 1 is 0.913 bits per heavy atom. The normalized spacial score (nSPS) is 16.0. The minimum atomic E-state index is -0.364. The minimum Gasteiger partial charge on any atom is -0.497 e. The van der Waals surface area contributed by atoms with E-state index in [4.69, 9.17) is 9.72 Å². The zero-order valence-corrected chi connectivity index (χ0v) is 26.3. The fourth-order valence-corrected chi connectivity index (χ4v) is 6.90. The van der Waals surface area contributed by atoms with Crippen LogP contribution in [0.5, 0.6) is 5.75 Å². The van der Waals surface area contributed by atoms with Crippen LogP contribution >= 0.6 is 0 Å². The van der Waals surface area contributed by atoms with Gasteiger partial charge in [-0.1, -0.05) is 12.1 Å². The van der Waals surface area contributed by atoms with Crippen LogP contribution in [-0.4, -0.2) is 83.1 Å². The van der Waals surface area contributed by atoms with Gasteiger partial charge in [-0.25, -0.2) is 4.98 Å². The molecule has 0 saturated carbocycles. The summed E-state index contributed by atoms with van der Waals surface area (Å²) in [6.07, 6.45) is 3.90. The molecular weight excluding hydrogens is 582 g/mol. The number of likely N-dealkylation sites (tertiary alicyclic amines) is 1. The monoisotopic (exact) mass is 621 g/mol. The molecule has 5 heterocycles. The van der Waals surface area contributed by atoms with Gasteiger partial charge in [-0.2, -0.15) is 0 Å². The lowest BCUT2D eigenvalue weighted by Gasteiger charge is -2.33. The molecule has 2 amide bonds. The molecule has 2 saturated heterocycles. The van der Waals surface area contributed by atoms with Gasteiger partial charge in [0.2, 0.25) is 5.43 Å². The van der Waals surface area contributed by atoms with E-state index in [-0.39, 0.29) is 28.8 Å². The Hall–Kier alpha value is -4.90. The number of hydrogen-bond acceptors (Lipinski definition) is 7. The molecule has 7 rings (SSSR count). The van der Waals surface area contributed by atoms with Crippen molar-refractivity contribution in [3.05, 3.63) is 82.0 Å². The third kappa shape index (κ3) is 5.44. The summed E-state index contributed by atoms with van der Waals surface area (Å²) < 4.78 is 9.06. The van der Waals surface area contributed by atoms with Crippen molar-refractivity contribution in [2.75, 3.05) is 51.3 Å². The first-order valence-corrected chi connectivity index (χ1v) is 16.1. The number of carbonyl (C=O) groups excluding carboxylic acids is 2. The van der Waals surface area contributed by atoms with Crippen LogP contribution in [0.4, 0.5) is 5.82 Å². The van der Waals surface area contributed by atoms with Gasteiger partial charge in [0, 0.05) is 44.8 Å². The smallest absolute Gasteiger partial charge is 0.259 e. The van der Waals surface area contributed by atoms with Gasteiger partial charge in [0.15, 0.2) is 5.65 Å². The Morgan fingerprint density at radius 2 is 1.63 bits per heavy atom. The molecule has 0 spiro atoms. The summed E-state index contributed by atoms with van der Waals surface area (Å²) in [5.41, 5.74) is 3.25. The van der Waals surface area contributed by atoms with Crippen molar-refractivity contribution < 1.29 is 14.3 Å². The van der Waals surface area contributed by atoms with Crippen molar-refractivity contribution in [3.63, 3.8) is 0 Å². The number of pyridine rings is 2. The van der Waals surface area contributed by atoms with Gasteiger partial charge in [-0.3, -0.25) is 18.8 Å². The van der Waals surface area contributed by atoms with Crippen molar-refractivity contribution >= 4 is 45.3 Å². The largest absolute Gasteiger partial charge is 0.497 e. The quantitative estimate of drug-likeness (QED) is 0.273. The van der Waals surface area contributed by atoms with E-state index in [2.05, 4.69) is 20.4 Å². The lowest BCUT2D eigenvalue weighted by Crippen LogP contribution is -2.45. The maximum atomic E-state index is 14.0. The predicted octanol–water partition coefficient (Wildman–Crippen LogP) is 3.57. The molecule has 11 nitrogen and oxygen atoms in total. The number of piperidine rings is 1. The van der Waals surface area contributed by atoms with E-state index in [0.717, 1.165) is 49.3 Å². The van der Waals surface area contributed by atoms with Crippen molar-refractivity contribution in [1.29, 1.82) is 0 Å². The van der Waals surface area contributed by atoms with Crippen molar-refractivity contribution in [3.8, 4) is 5.75 Å². The average Bonchev–Trinajstić information content (AvgIpc) is 3.71. The Kier molecular flexibility index (Phi) is 8.08. The first-order chi connectivity index (χ1) is 22.4. The Labute approximate surface area is 266 Å². The van der Waals surface area contributed by atoms with E-state index in [1.165, 1.54) is 12.8 Å². The molecule has 2 aliphatic heterocycles. The number of carbonyl (C=O) groups is 2. The molecule has 5 aromatic rings. The van der Waals surface area contributed by atoms with Gasteiger partial charge in [0.1, 0.15) is 22.8 Å². The van der Waals surface area contributed by atoms with Gasteiger partial charge in [-0.05, 0) is 87.3 Å². The number of rotatable bonds is 8. The first-order valence-electron chi connectivity index (χ1n) is 16.1. The van der Waals surface area contributed by atoms with E-state index in [9.17, 15) is 14.4 Å². The average molecular weight is 622 g/mol. The summed E-state index contributed by atoms with van der Waals surface area (Å²) in [6.45, 7) is 4.76. The Morgan fingerprint density at radius 3 is 2.35 bits per heavy atom. The number of fused-ring (bicyclic) bond motifs is 5. The molecule has 2 aliphatic rings. The molecule has 11 heteroatoms. The molecular formula is C35H39N7O4. The second kappa shape index (κ2) is 12.5. The minimum absolute atomic E-state index is 0.0465. The SMILES string of the molecule is COc1ccc(C(=O)NC2CCN(c3ccc4c(=O)c(C(=O)NCCN5CCCC5)c5n(C)c6ccccc6n5c4n3)CC2)cc1. The van der Waals surface area contributed by atoms with Crippen LogP contribution in [0.2, 0.25) is 0 Å². The van der Waals surface area contributed by atoms with Crippen LogP contribution < -0.4 is 25.7 Å². The van der Waals surface area contributed by atoms with E-state index in [1.807, 2.05) is 46.3 Å². The number of para-hydroxylation sites is 2. The number of methoxy groups -OCH3 is 1. The second-order valence-corrected chi connectivity index (χ2v) is 12.2. The molecule has 2 aromatic carbocycles. The molecule has 0 atom stereocenters. The van der Waals surface area contributed by atoms with Crippen LogP contribution in [0.25, 0.3) is 27.7 Å². The zero-order valence-electron chi connectivity index (χ0n) is 26.3. The maximum absolute atomic E-state index is 14.0. The lowest BCUT2D eigenvalue weighted by molar-refractivity contribution is 0.0928. The molecule has 3 aromatic heterocycles. The third-order valence-electron chi connectivity index (χ3n) is 9.43. The molecule has 2 fully saturated rings. The highest BCUT2D eigenvalue weighted by atomic mass is 16.5. The van der Waals surface area contributed by atoms with Crippen molar-refractivity contribution in [2.24, 2.45) is 7.05 Å². The fourth-order valence-electron chi connectivity index (χ4n) is 6.90. The Bertz CT molecular complexity index is 1980. The summed E-state index contributed by atoms with van der Waals surface area (Å²) in [4.78, 5) is 50.1. The number of aromatic nitrogens is 3. The number of aryl methyl sites for hydroxylation is 1. The number of ether oxygens (including phenoxy) is 1. The zero-order chi connectivity index (χ0) is 31.8. The number of nitrogens with one attached hydrogen (secondary N) is 2. The molecule has 46 heavy (non-hydrogen) atoms. The highest BCUT2D eigenvalue weighted by molar-refractivity contribution is 6.06. The van der Waals surface area contributed by atoms with Gasteiger partial charge in [-0.15, -0.1) is 0 Å². The first kappa shape index (κ1) is 29.8. The van der Waals surface area contributed by atoms with Crippen molar-refractivity contribution in [2.45, 2.75) is 31.7 Å². The second-order valence-electron chi connectivity index (χ2n) is 12.2. The van der Waals surface area contributed by atoms with E-state index < -0.39 is 0 Å². The number of imidazole rings is 1. The lowest BCUT2D eigenvalue weighted by atomic mass is 10.0. The van der Waals surface area contributed by atoms with E-state index in [1.54, 1.807) is 37.4 Å². The number of amides is 2. The van der Waals surface area contributed by atoms with Crippen molar-refractivity contribution in [1.82, 2.24) is 29.5 Å². The molecule has 238 valence electrons. The van der Waals surface area contributed by atoms with Gasteiger partial charge in [0.05, 0.1) is 23.5 Å². The van der Waals surface area contributed by atoms with Crippen LogP contribution in [0.3, 0.4) is 0 Å². The fraction of sp³-hybridized carbons (Fsp3) is 0.371. The summed E-state index contributed by atoms with van der Waals surface area (Å²) in [7, 11) is 3.49. The van der Waals surface area contributed by atoms with Crippen LogP contribution in [0.1, 0.15) is 46.4 Å². The van der Waals surface area contributed by atoms with Crippen LogP contribution in [0, 0.1) is 0 Å². The Balaban J connectivity index is 1.16. The molecule has 2 N–H and O–H groups in total. The highest BCUT2D eigenvalue weighted by Gasteiger charge is 2.26. The highest BCUT2D eigenvalue weighted by Crippen LogP contribution is 2.28. The standard InChI is InChI=1S/C35H39N7O4/c1-39-27-7-3-4-8-28(27)42-32-26(31(43)30(35(39)42)34(45)36-17-22-40-18-5-6-19-40)13-14-29(38-32)41-20-15-24(16-21-41)37-33(44)23-9-11-25(46-2)12-10-23/h3-4,7-14,24H,5-6,15-22H2,1-2H3,(H,36,45)(H,37,44). The van der Waals surface area contributed by atoms with Gasteiger partial charge >= 0.3 is 0 Å². The van der Waals surface area contributed by atoms with Crippen LogP contribution in [0.15, 0.2) is 65.5 Å². The predicted molar refractivity (Wildman–Crippen MR) is 179 cm³/mol. The third-order valence-corrected chi connectivity index (χ3v) is 9.43. The maximum Gasteiger partial charge on any atom is 0.259 e. The molecule has 0 radical (unpaired) electrons. The van der Waals surface area contributed by atoms with Gasteiger partial charge in [0.25, 0.3) is 11.8 Å².